The first-order valence-electron chi connectivity index (χ1n) is 10.2. The number of amides is 2. The highest BCUT2D eigenvalue weighted by molar-refractivity contribution is 6.30. The second-order valence-corrected chi connectivity index (χ2v) is 7.83. The monoisotopic (exact) mass is 451 g/mol. The molecule has 4 rings (SSSR count). The topological polar surface area (TPSA) is 92.9 Å². The van der Waals surface area contributed by atoms with E-state index in [1.54, 1.807) is 55.6 Å². The van der Waals surface area contributed by atoms with Gasteiger partial charge in [-0.2, -0.15) is 5.10 Å². The molecule has 7 nitrogen and oxygen atoms in total. The fourth-order valence-corrected chi connectivity index (χ4v) is 3.77. The Hall–Kier alpha value is -3.58. The number of carbonyl (C=O) groups excluding carboxylic acids is 2. The minimum absolute atomic E-state index is 0.240. The molecule has 0 spiro atoms. The molecule has 0 aliphatic heterocycles. The van der Waals surface area contributed by atoms with Gasteiger partial charge in [-0.25, -0.2) is 5.43 Å². The Morgan fingerprint density at radius 3 is 2.44 bits per heavy atom. The van der Waals surface area contributed by atoms with Crippen molar-refractivity contribution in [3.63, 3.8) is 0 Å². The number of rotatable bonds is 5. The lowest BCUT2D eigenvalue weighted by molar-refractivity contribution is 0.0953. The third-order valence-electron chi connectivity index (χ3n) is 5.28. The van der Waals surface area contributed by atoms with Crippen molar-refractivity contribution < 1.29 is 18.7 Å². The van der Waals surface area contributed by atoms with E-state index >= 15 is 0 Å². The average molecular weight is 452 g/mol. The van der Waals surface area contributed by atoms with Gasteiger partial charge >= 0.3 is 0 Å². The zero-order chi connectivity index (χ0) is 22.7. The zero-order valence-electron chi connectivity index (χ0n) is 17.7. The number of aryl methyl sites for hydroxylation is 1. The number of nitrogens with one attached hydrogen (secondary N) is 2. The van der Waals surface area contributed by atoms with Crippen LogP contribution in [0.25, 0.3) is 0 Å². The number of ether oxygens (including phenoxy) is 1. The lowest BCUT2D eigenvalue weighted by Gasteiger charge is -2.13. The van der Waals surface area contributed by atoms with Crippen molar-refractivity contribution >= 4 is 34.8 Å². The molecule has 2 N–H and O–H groups in total. The second-order valence-electron chi connectivity index (χ2n) is 7.40. The van der Waals surface area contributed by atoms with Gasteiger partial charge < -0.3 is 14.5 Å². The van der Waals surface area contributed by atoms with E-state index in [0.717, 1.165) is 12.0 Å². The summed E-state index contributed by atoms with van der Waals surface area (Å²) in [6, 6.07) is 13.6. The minimum Gasteiger partial charge on any atom is -0.497 e. The van der Waals surface area contributed by atoms with Crippen LogP contribution in [0.3, 0.4) is 0 Å². The van der Waals surface area contributed by atoms with E-state index in [1.165, 1.54) is 0 Å². The van der Waals surface area contributed by atoms with Crippen molar-refractivity contribution in [1.29, 1.82) is 0 Å². The maximum absolute atomic E-state index is 12.8. The van der Waals surface area contributed by atoms with Crippen LogP contribution in [0.4, 0.5) is 5.69 Å². The first-order chi connectivity index (χ1) is 15.5. The lowest BCUT2D eigenvalue weighted by atomic mass is 9.93. The molecule has 2 aromatic carbocycles. The van der Waals surface area contributed by atoms with Gasteiger partial charge in [-0.15, -0.1) is 0 Å². The summed E-state index contributed by atoms with van der Waals surface area (Å²) in [6.45, 7) is 1.83. The standard InChI is InChI=1S/C24H22ClN3O4/c1-14-21-19(27-28-23(29)15-6-8-16(25)9-7-15)4-3-5-20(21)32-22(14)24(30)26-17-10-12-18(31-2)13-11-17/h6-13H,3-5H2,1-2H3,(H,26,30)(H,28,29)/b27-19+. The molecule has 0 unspecified atom stereocenters. The van der Waals surface area contributed by atoms with Gasteiger partial charge in [-0.05, 0) is 68.3 Å². The third kappa shape index (κ3) is 4.53. The van der Waals surface area contributed by atoms with Crippen LogP contribution in [-0.4, -0.2) is 24.6 Å². The van der Waals surface area contributed by atoms with E-state index in [2.05, 4.69) is 15.8 Å². The molecule has 8 heteroatoms. The van der Waals surface area contributed by atoms with Gasteiger partial charge in [0.25, 0.3) is 11.8 Å². The SMILES string of the molecule is COc1ccc(NC(=O)c2oc3c(c2C)/C(=N/NC(=O)c2ccc(Cl)cc2)CCC3)cc1. The van der Waals surface area contributed by atoms with Crippen molar-refractivity contribution in [2.45, 2.75) is 26.2 Å². The summed E-state index contributed by atoms with van der Waals surface area (Å²) >= 11 is 5.87. The molecule has 0 radical (unpaired) electrons. The highest BCUT2D eigenvalue weighted by atomic mass is 35.5. The molecule has 0 bridgehead atoms. The molecule has 32 heavy (non-hydrogen) atoms. The Bertz CT molecular complexity index is 1180. The normalized spacial score (nSPS) is 14.0. The first-order valence-corrected chi connectivity index (χ1v) is 10.5. The molecule has 1 aliphatic carbocycles. The van der Waals surface area contributed by atoms with E-state index in [-0.39, 0.29) is 17.6 Å². The highest BCUT2D eigenvalue weighted by Crippen LogP contribution is 2.30. The van der Waals surface area contributed by atoms with E-state index in [1.807, 2.05) is 6.92 Å². The number of nitrogens with zero attached hydrogens (tertiary/aromatic N) is 1. The minimum atomic E-state index is -0.341. The number of methoxy groups -OCH3 is 1. The summed E-state index contributed by atoms with van der Waals surface area (Å²) in [4.78, 5) is 25.2. The number of hydrazone groups is 1. The van der Waals surface area contributed by atoms with Crippen LogP contribution in [-0.2, 0) is 6.42 Å². The van der Waals surface area contributed by atoms with E-state index < -0.39 is 0 Å². The maximum atomic E-state index is 12.8. The summed E-state index contributed by atoms with van der Waals surface area (Å²) in [5.41, 5.74) is 5.86. The van der Waals surface area contributed by atoms with Crippen LogP contribution in [0.2, 0.25) is 5.02 Å². The van der Waals surface area contributed by atoms with Crippen LogP contribution in [0.15, 0.2) is 58.0 Å². The van der Waals surface area contributed by atoms with E-state index in [9.17, 15) is 9.59 Å². The maximum Gasteiger partial charge on any atom is 0.291 e. The smallest absolute Gasteiger partial charge is 0.291 e. The third-order valence-corrected chi connectivity index (χ3v) is 5.53. The summed E-state index contributed by atoms with van der Waals surface area (Å²) in [5.74, 6) is 0.971. The zero-order valence-corrected chi connectivity index (χ0v) is 18.5. The summed E-state index contributed by atoms with van der Waals surface area (Å²) in [5, 5.41) is 7.74. The number of anilines is 1. The molecule has 1 heterocycles. The number of hydrogen-bond acceptors (Lipinski definition) is 5. The lowest BCUT2D eigenvalue weighted by Crippen LogP contribution is -2.22. The number of fused-ring (bicyclic) bond motifs is 1. The van der Waals surface area contributed by atoms with Gasteiger partial charge in [0.15, 0.2) is 5.76 Å². The van der Waals surface area contributed by atoms with Gasteiger partial charge in [0.1, 0.15) is 11.5 Å². The number of benzene rings is 2. The summed E-state index contributed by atoms with van der Waals surface area (Å²) in [7, 11) is 1.58. The molecule has 3 aromatic rings. The Balaban J connectivity index is 1.54. The van der Waals surface area contributed by atoms with Gasteiger partial charge in [0.05, 0.1) is 12.8 Å². The van der Waals surface area contributed by atoms with Crippen molar-refractivity contribution in [2.75, 3.05) is 12.4 Å². The number of halogens is 1. The predicted molar refractivity (Wildman–Crippen MR) is 123 cm³/mol. The van der Waals surface area contributed by atoms with Gasteiger partial charge in [-0.1, -0.05) is 11.6 Å². The summed E-state index contributed by atoms with van der Waals surface area (Å²) < 4.78 is 11.0. The van der Waals surface area contributed by atoms with Gasteiger partial charge in [0, 0.05) is 33.8 Å². The van der Waals surface area contributed by atoms with Gasteiger partial charge in [0.2, 0.25) is 0 Å². The Morgan fingerprint density at radius 2 is 1.75 bits per heavy atom. The largest absolute Gasteiger partial charge is 0.497 e. The molecule has 0 fully saturated rings. The van der Waals surface area contributed by atoms with Crippen LogP contribution in [0, 0.1) is 6.92 Å². The van der Waals surface area contributed by atoms with Crippen molar-refractivity contribution in [1.82, 2.24) is 5.43 Å². The fourth-order valence-electron chi connectivity index (χ4n) is 3.64. The highest BCUT2D eigenvalue weighted by Gasteiger charge is 2.28. The van der Waals surface area contributed by atoms with E-state index in [0.29, 0.717) is 51.9 Å². The quantitative estimate of drug-likeness (QED) is 0.535. The molecular weight excluding hydrogens is 430 g/mol. The number of furan rings is 1. The Morgan fingerprint density at radius 1 is 1.03 bits per heavy atom. The number of carbonyl (C=O) groups is 2. The van der Waals surface area contributed by atoms with Crippen LogP contribution < -0.4 is 15.5 Å². The van der Waals surface area contributed by atoms with Crippen LogP contribution in [0.1, 0.15) is 50.6 Å². The molecule has 2 amide bonds. The van der Waals surface area contributed by atoms with E-state index in [4.69, 9.17) is 20.8 Å². The molecular formula is C24H22ClN3O4. The molecule has 0 saturated heterocycles. The van der Waals surface area contributed by atoms with Crippen molar-refractivity contribution in [3.05, 3.63) is 81.8 Å². The fraction of sp³-hybridized carbons (Fsp3) is 0.208. The van der Waals surface area contributed by atoms with Crippen molar-refractivity contribution in [2.24, 2.45) is 5.10 Å². The molecule has 0 saturated carbocycles. The average Bonchev–Trinajstić information content (AvgIpc) is 3.15. The first kappa shape index (κ1) is 21.6. The Kier molecular flexibility index (Phi) is 6.28. The number of hydrogen-bond donors (Lipinski definition) is 2. The van der Waals surface area contributed by atoms with Crippen molar-refractivity contribution in [3.8, 4) is 5.75 Å². The van der Waals surface area contributed by atoms with Crippen LogP contribution >= 0.6 is 11.6 Å². The molecule has 1 aliphatic rings. The summed E-state index contributed by atoms with van der Waals surface area (Å²) in [6.07, 6.45) is 2.19. The molecule has 1 aromatic heterocycles. The Labute approximate surface area is 190 Å². The van der Waals surface area contributed by atoms with Gasteiger partial charge in [-0.3, -0.25) is 9.59 Å². The molecule has 0 atom stereocenters. The van der Waals surface area contributed by atoms with Crippen LogP contribution in [0.5, 0.6) is 5.75 Å². The second kappa shape index (κ2) is 9.28. The predicted octanol–water partition coefficient (Wildman–Crippen LogP) is 4.97. The molecule has 164 valence electrons.